The number of rotatable bonds is 7. The fourth-order valence-electron chi connectivity index (χ4n) is 6.55. The fraction of sp³-hybridized carbons (Fsp3) is 0.333. The highest BCUT2D eigenvalue weighted by Gasteiger charge is 2.64. The molecule has 2 N–H and O–H groups in total. The van der Waals surface area contributed by atoms with Gasteiger partial charge in [-0.1, -0.05) is 41.4 Å². The zero-order valence-corrected chi connectivity index (χ0v) is 24.0. The van der Waals surface area contributed by atoms with Crippen LogP contribution in [0.4, 0.5) is 10.1 Å². The summed E-state index contributed by atoms with van der Waals surface area (Å²) in [5.41, 5.74) is 1.26. The first-order chi connectivity index (χ1) is 20.3. The first-order valence-corrected chi connectivity index (χ1v) is 14.4. The minimum Gasteiger partial charge on any atom is -0.474 e. The second-order valence-corrected chi connectivity index (χ2v) is 11.9. The summed E-state index contributed by atoms with van der Waals surface area (Å²) in [5.74, 6) is -1.17. The van der Waals surface area contributed by atoms with Gasteiger partial charge < -0.3 is 14.8 Å². The first kappa shape index (κ1) is 27.1. The number of nitrogens with one attached hydrogen (secondary N) is 2. The number of carbonyl (C=O) groups excluding carboxylic acids is 2. The van der Waals surface area contributed by atoms with Crippen LogP contribution in [0.1, 0.15) is 46.7 Å². The Hall–Kier alpha value is -3.73. The number of fused-ring (bicyclic) bond motifs is 3. The van der Waals surface area contributed by atoms with Gasteiger partial charge in [0.15, 0.2) is 5.65 Å². The Kier molecular flexibility index (Phi) is 6.60. The number of hydrogen-bond acceptors (Lipinski definition) is 7. The first-order valence-electron chi connectivity index (χ1n) is 13.7. The molecule has 2 aliphatic heterocycles. The number of ether oxygens (including phenoxy) is 2. The number of nitrogens with zero attached hydrogens (tertiary/aromatic N) is 3. The number of H-pyrrole nitrogens is 1. The number of aromatic nitrogens is 3. The van der Waals surface area contributed by atoms with Crippen LogP contribution in [0, 0.1) is 11.7 Å². The van der Waals surface area contributed by atoms with Crippen molar-refractivity contribution in [1.29, 1.82) is 0 Å². The molecule has 0 bridgehead atoms. The highest BCUT2D eigenvalue weighted by atomic mass is 35.5. The maximum Gasteiger partial charge on any atom is 0.339 e. The minimum atomic E-state index is -1.20. The van der Waals surface area contributed by atoms with Crippen LogP contribution in [0.5, 0.6) is 5.88 Å². The topological polar surface area (TPSA) is 109 Å². The number of halogens is 3. The summed E-state index contributed by atoms with van der Waals surface area (Å²) in [4.78, 5) is 32.7. The lowest BCUT2D eigenvalue weighted by atomic mass is 9.75. The van der Waals surface area contributed by atoms with E-state index in [1.807, 2.05) is 6.07 Å². The van der Waals surface area contributed by atoms with Gasteiger partial charge in [0, 0.05) is 41.0 Å². The molecule has 3 aliphatic rings. The van der Waals surface area contributed by atoms with Crippen LogP contribution in [-0.2, 0) is 15.1 Å². The second-order valence-electron chi connectivity index (χ2n) is 11.0. The Morgan fingerprint density at radius 3 is 2.83 bits per heavy atom. The molecule has 1 aliphatic carbocycles. The van der Waals surface area contributed by atoms with Gasteiger partial charge in [0.1, 0.15) is 18.0 Å². The van der Waals surface area contributed by atoms with Crippen LogP contribution in [0.3, 0.4) is 0 Å². The monoisotopic (exact) mass is 609 g/mol. The Morgan fingerprint density at radius 2 is 2.05 bits per heavy atom. The molecule has 9 nitrogen and oxygen atoms in total. The average molecular weight is 610 g/mol. The molecule has 2 aromatic carbocycles. The smallest absolute Gasteiger partial charge is 0.339 e. The summed E-state index contributed by atoms with van der Waals surface area (Å²) in [5, 5.41) is 11.2. The predicted molar refractivity (Wildman–Crippen MR) is 154 cm³/mol. The van der Waals surface area contributed by atoms with E-state index in [2.05, 4.69) is 25.4 Å². The van der Waals surface area contributed by atoms with Crippen molar-refractivity contribution < 1.29 is 23.5 Å². The number of anilines is 1. The molecule has 2 fully saturated rings. The molecule has 1 saturated carbocycles. The van der Waals surface area contributed by atoms with E-state index in [9.17, 15) is 9.59 Å². The molecule has 1 saturated heterocycles. The van der Waals surface area contributed by atoms with Crippen LogP contribution in [0.25, 0.3) is 11.0 Å². The highest BCUT2D eigenvalue weighted by molar-refractivity contribution is 6.31. The largest absolute Gasteiger partial charge is 0.474 e. The molecular formula is C30H26Cl2FN5O4. The van der Waals surface area contributed by atoms with Crippen LogP contribution in [0.2, 0.25) is 10.0 Å². The number of likely N-dealkylation sites (tertiary alicyclic amines) is 1. The van der Waals surface area contributed by atoms with Gasteiger partial charge in [-0.3, -0.25) is 14.8 Å². The van der Waals surface area contributed by atoms with Crippen molar-refractivity contribution >= 4 is 51.8 Å². The van der Waals surface area contributed by atoms with E-state index in [0.717, 1.165) is 18.4 Å². The average Bonchev–Trinajstić information content (AvgIpc) is 3.53. The van der Waals surface area contributed by atoms with Crippen molar-refractivity contribution in [2.75, 3.05) is 25.6 Å². The summed E-state index contributed by atoms with van der Waals surface area (Å²) >= 11 is 12.6. The Balaban J connectivity index is 1.31. The minimum absolute atomic E-state index is 0.00253. The summed E-state index contributed by atoms with van der Waals surface area (Å²) in [6.07, 6.45) is 3.93. The van der Waals surface area contributed by atoms with E-state index >= 15 is 4.39 Å². The summed E-state index contributed by atoms with van der Waals surface area (Å²) < 4.78 is 26.8. The molecule has 1 amide bonds. The third kappa shape index (κ3) is 4.23. The normalized spacial score (nSPS) is 23.4. The maximum atomic E-state index is 15.7. The molecule has 216 valence electrons. The van der Waals surface area contributed by atoms with Crippen molar-refractivity contribution in [2.24, 2.45) is 5.92 Å². The third-order valence-corrected chi connectivity index (χ3v) is 9.14. The van der Waals surface area contributed by atoms with E-state index < -0.39 is 23.2 Å². The van der Waals surface area contributed by atoms with Gasteiger partial charge in [0.2, 0.25) is 11.8 Å². The van der Waals surface area contributed by atoms with Crippen molar-refractivity contribution in [1.82, 2.24) is 20.1 Å². The molecule has 4 heterocycles. The van der Waals surface area contributed by atoms with Crippen LogP contribution >= 0.6 is 23.2 Å². The van der Waals surface area contributed by atoms with Crippen molar-refractivity contribution in [3.8, 4) is 5.88 Å². The van der Waals surface area contributed by atoms with Crippen LogP contribution in [0.15, 0.2) is 48.7 Å². The summed E-state index contributed by atoms with van der Waals surface area (Å²) in [6.45, 7) is 0.795. The summed E-state index contributed by atoms with van der Waals surface area (Å²) in [7, 11) is 1.30. The molecule has 42 heavy (non-hydrogen) atoms. The number of hydrogen-bond donors (Lipinski definition) is 2. The van der Waals surface area contributed by atoms with Crippen molar-refractivity contribution in [3.05, 3.63) is 81.2 Å². The molecule has 12 heteroatoms. The van der Waals surface area contributed by atoms with Gasteiger partial charge in [-0.15, -0.1) is 5.10 Å². The number of amides is 1. The van der Waals surface area contributed by atoms with Crippen LogP contribution in [-0.4, -0.2) is 58.3 Å². The molecule has 2 aromatic heterocycles. The molecule has 7 rings (SSSR count). The van der Waals surface area contributed by atoms with Gasteiger partial charge in [-0.25, -0.2) is 14.2 Å². The van der Waals surface area contributed by atoms with E-state index in [-0.39, 0.29) is 35.0 Å². The molecule has 0 radical (unpaired) electrons. The van der Waals surface area contributed by atoms with E-state index in [4.69, 9.17) is 32.7 Å². The second kappa shape index (κ2) is 10.2. The highest BCUT2D eigenvalue weighted by Crippen LogP contribution is 2.58. The number of methoxy groups -OCH3 is 1. The summed E-state index contributed by atoms with van der Waals surface area (Å²) in [6, 6.07) is 11.6. The Morgan fingerprint density at radius 1 is 1.21 bits per heavy atom. The fourth-order valence-corrected chi connectivity index (χ4v) is 6.90. The molecule has 3 atom stereocenters. The van der Waals surface area contributed by atoms with Gasteiger partial charge in [-0.2, -0.15) is 0 Å². The third-order valence-electron chi connectivity index (χ3n) is 8.62. The number of pyridine rings is 1. The lowest BCUT2D eigenvalue weighted by molar-refractivity contribution is -0.128. The zero-order chi connectivity index (χ0) is 29.2. The standard InChI is InChI=1S/C30H26Cl2FN5O4/c1-41-28(39)16-9-20-26(34-12-16)36-37-27(20)42-14-18-11-22(19-3-2-4-23(32)25(19)33)30(38(18)13-15-5-6-15)21-8-7-17(31)10-24(21)35-29(30)40/h2-4,7-10,12,15,18,22H,5-6,11,13-14H2,1H3,(H,35,40)(H,34,36,37)/t18-,22-,30-/m1/s1. The number of aromatic amines is 1. The van der Waals surface area contributed by atoms with Crippen molar-refractivity contribution in [3.63, 3.8) is 0 Å². The number of carbonyl (C=O) groups is 2. The number of benzene rings is 2. The molecule has 0 unspecified atom stereocenters. The molecule has 1 spiro atoms. The lowest BCUT2D eigenvalue weighted by Crippen LogP contribution is -2.53. The number of esters is 1. The van der Waals surface area contributed by atoms with E-state index in [0.29, 0.717) is 46.2 Å². The van der Waals surface area contributed by atoms with E-state index in [1.54, 1.807) is 30.3 Å². The van der Waals surface area contributed by atoms with Crippen molar-refractivity contribution in [2.45, 2.75) is 36.8 Å². The molecular weight excluding hydrogens is 584 g/mol. The Labute approximate surface area is 250 Å². The maximum absolute atomic E-state index is 15.7. The van der Waals surface area contributed by atoms with Gasteiger partial charge >= 0.3 is 5.97 Å². The van der Waals surface area contributed by atoms with E-state index in [1.165, 1.54) is 19.4 Å². The zero-order valence-electron chi connectivity index (χ0n) is 22.5. The quantitative estimate of drug-likeness (QED) is 0.259. The van der Waals surface area contributed by atoms with Crippen LogP contribution < -0.4 is 10.1 Å². The predicted octanol–water partition coefficient (Wildman–Crippen LogP) is 5.68. The SMILES string of the molecule is COC(=O)c1cnc2[nH]nc(OC[C@H]3C[C@H](c4cccc(Cl)c4F)[C@]4(C(=O)Nc5cc(Cl)ccc54)N3CC3CC3)c2c1. The molecule has 4 aromatic rings. The van der Waals surface area contributed by atoms with Gasteiger partial charge in [0.25, 0.3) is 0 Å². The lowest BCUT2D eigenvalue weighted by Gasteiger charge is -2.40. The Bertz CT molecular complexity index is 1740. The van der Waals surface area contributed by atoms with Gasteiger partial charge in [0.05, 0.1) is 23.1 Å². The van der Waals surface area contributed by atoms with Gasteiger partial charge in [-0.05, 0) is 55.0 Å².